The SMILES string of the molecule is Cc1cc(NC(=O)c2ccccc2C(F)(F)F)n(-c2nc3c(cnn3-c3cccc(C)c3C)c(=O)[nH]2)n1. The Morgan fingerprint density at radius 2 is 1.78 bits per heavy atom. The van der Waals surface area contributed by atoms with Gasteiger partial charge in [0.05, 0.1) is 28.7 Å². The van der Waals surface area contributed by atoms with Gasteiger partial charge in [-0.1, -0.05) is 24.3 Å². The summed E-state index contributed by atoms with van der Waals surface area (Å²) in [6, 6.07) is 11.6. The van der Waals surface area contributed by atoms with Crippen molar-refractivity contribution >= 4 is 22.8 Å². The Labute approximate surface area is 207 Å². The molecule has 0 saturated carbocycles. The number of rotatable bonds is 4. The predicted octanol–water partition coefficient (Wildman–Crippen LogP) is 4.49. The molecule has 2 N–H and O–H groups in total. The lowest BCUT2D eigenvalue weighted by atomic mass is 10.1. The van der Waals surface area contributed by atoms with Gasteiger partial charge in [0.1, 0.15) is 11.2 Å². The van der Waals surface area contributed by atoms with Gasteiger partial charge in [-0.25, -0.2) is 4.68 Å². The molecule has 188 valence electrons. The van der Waals surface area contributed by atoms with Gasteiger partial charge in [-0.3, -0.25) is 14.6 Å². The third-order valence-electron chi connectivity index (χ3n) is 5.98. The molecule has 2 aromatic carbocycles. The van der Waals surface area contributed by atoms with Gasteiger partial charge in [0.25, 0.3) is 11.5 Å². The molecule has 0 aliphatic heterocycles. The summed E-state index contributed by atoms with van der Waals surface area (Å²) in [5.74, 6) is -1.00. The van der Waals surface area contributed by atoms with Gasteiger partial charge in [0, 0.05) is 6.07 Å². The minimum atomic E-state index is -4.71. The van der Waals surface area contributed by atoms with E-state index in [0.717, 1.165) is 33.6 Å². The monoisotopic (exact) mass is 507 g/mol. The van der Waals surface area contributed by atoms with Crippen LogP contribution in [-0.2, 0) is 6.18 Å². The van der Waals surface area contributed by atoms with Gasteiger partial charge >= 0.3 is 6.18 Å². The second-order valence-electron chi connectivity index (χ2n) is 8.48. The van der Waals surface area contributed by atoms with E-state index in [1.165, 1.54) is 29.1 Å². The predicted molar refractivity (Wildman–Crippen MR) is 130 cm³/mol. The normalized spacial score (nSPS) is 11.7. The number of carbonyl (C=O) groups excluding carboxylic acids is 1. The Bertz CT molecular complexity index is 1730. The van der Waals surface area contributed by atoms with Crippen LogP contribution in [0.25, 0.3) is 22.7 Å². The number of aromatic amines is 1. The van der Waals surface area contributed by atoms with Crippen LogP contribution in [0.4, 0.5) is 19.0 Å². The molecule has 37 heavy (non-hydrogen) atoms. The summed E-state index contributed by atoms with van der Waals surface area (Å²) in [6.07, 6.45) is -3.31. The summed E-state index contributed by atoms with van der Waals surface area (Å²) in [5.41, 5.74) is 1.27. The van der Waals surface area contributed by atoms with Crippen LogP contribution in [0.3, 0.4) is 0 Å². The molecule has 0 atom stereocenters. The van der Waals surface area contributed by atoms with Crippen molar-refractivity contribution < 1.29 is 18.0 Å². The van der Waals surface area contributed by atoms with E-state index >= 15 is 0 Å². The molecular weight excluding hydrogens is 487 g/mol. The number of H-pyrrole nitrogens is 1. The average molecular weight is 507 g/mol. The summed E-state index contributed by atoms with van der Waals surface area (Å²) >= 11 is 0. The van der Waals surface area contributed by atoms with E-state index in [1.54, 1.807) is 6.92 Å². The minimum Gasteiger partial charge on any atom is -0.306 e. The average Bonchev–Trinajstić information content (AvgIpc) is 3.43. The summed E-state index contributed by atoms with van der Waals surface area (Å²) in [5, 5.41) is 11.3. The quantitative estimate of drug-likeness (QED) is 0.373. The highest BCUT2D eigenvalue weighted by Gasteiger charge is 2.35. The largest absolute Gasteiger partial charge is 0.417 e. The Morgan fingerprint density at radius 3 is 2.54 bits per heavy atom. The van der Waals surface area contributed by atoms with E-state index in [0.29, 0.717) is 5.69 Å². The zero-order valence-corrected chi connectivity index (χ0v) is 19.9. The third-order valence-corrected chi connectivity index (χ3v) is 5.98. The van der Waals surface area contributed by atoms with Crippen LogP contribution in [0.15, 0.2) is 59.5 Å². The van der Waals surface area contributed by atoms with E-state index in [4.69, 9.17) is 0 Å². The summed E-state index contributed by atoms with van der Waals surface area (Å²) in [6.45, 7) is 5.51. The molecule has 5 rings (SSSR count). The first kappa shape index (κ1) is 24.0. The first-order valence-corrected chi connectivity index (χ1v) is 11.1. The molecule has 0 aliphatic rings. The molecular formula is C25H20F3N7O2. The van der Waals surface area contributed by atoms with Gasteiger partial charge in [-0.05, 0) is 50.1 Å². The van der Waals surface area contributed by atoms with E-state index in [1.807, 2.05) is 32.0 Å². The number of halogens is 3. The van der Waals surface area contributed by atoms with Gasteiger partial charge in [0.2, 0.25) is 5.95 Å². The molecule has 0 radical (unpaired) electrons. The Kier molecular flexibility index (Phi) is 5.66. The topological polar surface area (TPSA) is 110 Å². The number of hydrogen-bond acceptors (Lipinski definition) is 5. The van der Waals surface area contributed by atoms with Crippen LogP contribution in [0, 0.1) is 20.8 Å². The second kappa shape index (κ2) is 8.73. The highest BCUT2D eigenvalue weighted by molar-refractivity contribution is 6.05. The third kappa shape index (κ3) is 4.26. The molecule has 3 heterocycles. The lowest BCUT2D eigenvalue weighted by Gasteiger charge is -2.13. The van der Waals surface area contributed by atoms with Gasteiger partial charge in [0.15, 0.2) is 5.65 Å². The number of carbonyl (C=O) groups is 1. The molecule has 0 fully saturated rings. The van der Waals surface area contributed by atoms with Gasteiger partial charge < -0.3 is 5.32 Å². The van der Waals surface area contributed by atoms with Crippen molar-refractivity contribution in [3.05, 3.63) is 93.0 Å². The van der Waals surface area contributed by atoms with Crippen LogP contribution in [-0.4, -0.2) is 35.4 Å². The van der Waals surface area contributed by atoms with Crippen molar-refractivity contribution in [1.29, 1.82) is 0 Å². The van der Waals surface area contributed by atoms with Crippen LogP contribution >= 0.6 is 0 Å². The van der Waals surface area contributed by atoms with Crippen molar-refractivity contribution in [2.75, 3.05) is 5.32 Å². The molecule has 9 nitrogen and oxygen atoms in total. The number of anilines is 1. The van der Waals surface area contributed by atoms with E-state index in [9.17, 15) is 22.8 Å². The second-order valence-corrected chi connectivity index (χ2v) is 8.48. The molecule has 12 heteroatoms. The number of alkyl halides is 3. The minimum absolute atomic E-state index is 0.0276. The lowest BCUT2D eigenvalue weighted by Crippen LogP contribution is -2.21. The lowest BCUT2D eigenvalue weighted by molar-refractivity contribution is -0.137. The van der Waals surface area contributed by atoms with Crippen molar-refractivity contribution in [3.63, 3.8) is 0 Å². The van der Waals surface area contributed by atoms with Crippen LogP contribution in [0.2, 0.25) is 0 Å². The molecule has 0 unspecified atom stereocenters. The fourth-order valence-electron chi connectivity index (χ4n) is 4.01. The number of hydrogen-bond donors (Lipinski definition) is 2. The molecule has 3 aromatic heterocycles. The number of amides is 1. The van der Waals surface area contributed by atoms with Crippen molar-refractivity contribution in [1.82, 2.24) is 29.5 Å². The first-order chi connectivity index (χ1) is 17.5. The van der Waals surface area contributed by atoms with Gasteiger partial charge in [-0.2, -0.15) is 33.0 Å². The summed E-state index contributed by atoms with van der Waals surface area (Å²) in [7, 11) is 0. The van der Waals surface area contributed by atoms with Crippen LogP contribution < -0.4 is 10.9 Å². The van der Waals surface area contributed by atoms with Crippen LogP contribution in [0.5, 0.6) is 0 Å². The molecule has 0 aliphatic carbocycles. The van der Waals surface area contributed by atoms with E-state index < -0.39 is 28.8 Å². The number of aromatic nitrogens is 6. The molecule has 0 spiro atoms. The zero-order chi connectivity index (χ0) is 26.5. The summed E-state index contributed by atoms with van der Waals surface area (Å²) < 4.78 is 43.0. The smallest absolute Gasteiger partial charge is 0.306 e. The standard InChI is InChI=1S/C25H20F3N7O2/c1-13-7-6-10-19(15(13)3)34-21-17(12-29-34)23(37)32-24(31-21)35-20(11-14(2)33-35)30-22(36)16-8-4-5-9-18(16)25(26,27)28/h4-12H,1-3H3,(H,30,36)(H,31,32,37). The first-order valence-electron chi connectivity index (χ1n) is 11.1. The van der Waals surface area contributed by atoms with E-state index in [-0.39, 0.29) is 22.8 Å². The Morgan fingerprint density at radius 1 is 1.03 bits per heavy atom. The number of nitrogens with zero attached hydrogens (tertiary/aromatic N) is 5. The maximum absolute atomic E-state index is 13.4. The molecule has 0 bridgehead atoms. The highest BCUT2D eigenvalue weighted by atomic mass is 19.4. The fraction of sp³-hybridized carbons (Fsp3) is 0.160. The maximum Gasteiger partial charge on any atom is 0.417 e. The zero-order valence-electron chi connectivity index (χ0n) is 19.9. The summed E-state index contributed by atoms with van der Waals surface area (Å²) in [4.78, 5) is 32.9. The number of fused-ring (bicyclic) bond motifs is 1. The highest BCUT2D eigenvalue weighted by Crippen LogP contribution is 2.32. The van der Waals surface area contributed by atoms with E-state index in [2.05, 4.69) is 25.5 Å². The molecule has 1 amide bonds. The van der Waals surface area contributed by atoms with Gasteiger partial charge in [-0.15, -0.1) is 0 Å². The Balaban J connectivity index is 1.60. The number of benzene rings is 2. The van der Waals surface area contributed by atoms with Crippen molar-refractivity contribution in [2.45, 2.75) is 26.9 Å². The molecule has 0 saturated heterocycles. The van der Waals surface area contributed by atoms with Crippen LogP contribution in [0.1, 0.15) is 32.7 Å². The molecule has 5 aromatic rings. The van der Waals surface area contributed by atoms with Crippen molar-refractivity contribution in [2.24, 2.45) is 0 Å². The van der Waals surface area contributed by atoms with Crippen molar-refractivity contribution in [3.8, 4) is 11.6 Å². The number of nitrogens with one attached hydrogen (secondary N) is 2. The number of aryl methyl sites for hydroxylation is 2. The maximum atomic E-state index is 13.4. The Hall–Kier alpha value is -4.74. The fourth-order valence-corrected chi connectivity index (χ4v) is 4.01.